The molecule has 1 atom stereocenters. The molecule has 0 unspecified atom stereocenters. The highest BCUT2D eigenvalue weighted by Crippen LogP contribution is 2.36. The van der Waals surface area contributed by atoms with Crippen molar-refractivity contribution >= 4 is 49.9 Å². The number of sulfonamides is 1. The molecule has 0 aliphatic carbocycles. The Morgan fingerprint density at radius 2 is 1.80 bits per heavy atom. The summed E-state index contributed by atoms with van der Waals surface area (Å²) in [5, 5.41) is 3.26. The maximum Gasteiger partial charge on any atom is 0.291 e. The van der Waals surface area contributed by atoms with Crippen molar-refractivity contribution in [3.8, 4) is 5.75 Å². The molecule has 3 aromatic carbocycles. The zero-order valence-corrected chi connectivity index (χ0v) is 20.0. The van der Waals surface area contributed by atoms with Crippen molar-refractivity contribution in [2.24, 2.45) is 0 Å². The molecule has 4 aromatic rings. The molecular weight excluding hydrogens is 492 g/mol. The zero-order valence-electron chi connectivity index (χ0n) is 18.4. The van der Waals surface area contributed by atoms with Crippen molar-refractivity contribution in [3.63, 3.8) is 0 Å². The SMILES string of the molecule is C[C@@H]1CN(S(=O)(=O)c2ccc(NC(=O)c3cc(=O)c4cc(Cl)ccc4o3)cc2)c2ccccc2O1. The van der Waals surface area contributed by atoms with E-state index in [1.54, 1.807) is 37.3 Å². The molecule has 1 aromatic heterocycles. The summed E-state index contributed by atoms with van der Waals surface area (Å²) in [6.07, 6.45) is -0.314. The minimum absolute atomic E-state index is 0.0634. The first-order valence-electron chi connectivity index (χ1n) is 10.7. The summed E-state index contributed by atoms with van der Waals surface area (Å²) in [5.41, 5.74) is 0.632. The number of benzene rings is 3. The molecule has 35 heavy (non-hydrogen) atoms. The van der Waals surface area contributed by atoms with E-state index < -0.39 is 21.4 Å². The maximum absolute atomic E-state index is 13.4. The fourth-order valence-electron chi connectivity index (χ4n) is 3.85. The van der Waals surface area contributed by atoms with Crippen LogP contribution in [0.4, 0.5) is 11.4 Å². The second-order valence-electron chi connectivity index (χ2n) is 8.03. The molecule has 0 spiro atoms. The molecular formula is C25H19ClN2O6S. The molecule has 2 heterocycles. The topological polar surface area (TPSA) is 106 Å². The van der Waals surface area contributed by atoms with Gasteiger partial charge in [0.2, 0.25) is 0 Å². The first kappa shape index (κ1) is 22.9. The van der Waals surface area contributed by atoms with Crippen LogP contribution in [0.25, 0.3) is 11.0 Å². The Balaban J connectivity index is 1.39. The quantitative estimate of drug-likeness (QED) is 0.427. The summed E-state index contributed by atoms with van der Waals surface area (Å²) in [4.78, 5) is 25.1. The van der Waals surface area contributed by atoms with Gasteiger partial charge in [0, 0.05) is 16.8 Å². The summed E-state index contributed by atoms with van der Waals surface area (Å²) >= 11 is 5.91. The van der Waals surface area contributed by atoms with Crippen molar-refractivity contribution in [3.05, 3.63) is 93.8 Å². The lowest BCUT2D eigenvalue weighted by Gasteiger charge is -2.34. The van der Waals surface area contributed by atoms with E-state index in [-0.39, 0.29) is 34.3 Å². The highest BCUT2D eigenvalue weighted by atomic mass is 35.5. The number of carbonyl (C=O) groups is 1. The zero-order chi connectivity index (χ0) is 24.7. The van der Waals surface area contributed by atoms with E-state index in [4.69, 9.17) is 20.8 Å². The summed E-state index contributed by atoms with van der Waals surface area (Å²) < 4.78 is 39.3. The van der Waals surface area contributed by atoms with Crippen LogP contribution in [-0.2, 0) is 10.0 Å². The van der Waals surface area contributed by atoms with Crippen molar-refractivity contribution in [1.29, 1.82) is 0 Å². The van der Waals surface area contributed by atoms with Gasteiger partial charge in [0.15, 0.2) is 11.2 Å². The van der Waals surface area contributed by atoms with Crippen LogP contribution in [0.2, 0.25) is 5.02 Å². The Bertz CT molecular complexity index is 1620. The fourth-order valence-corrected chi connectivity index (χ4v) is 5.57. The first-order chi connectivity index (χ1) is 16.7. The highest BCUT2D eigenvalue weighted by Gasteiger charge is 2.32. The number of rotatable bonds is 4. The van der Waals surface area contributed by atoms with Gasteiger partial charge in [-0.05, 0) is 61.5 Å². The van der Waals surface area contributed by atoms with E-state index in [1.807, 2.05) is 0 Å². The number of amides is 1. The predicted octanol–water partition coefficient (Wildman–Crippen LogP) is 4.67. The molecule has 0 bridgehead atoms. The third-order valence-electron chi connectivity index (χ3n) is 5.50. The van der Waals surface area contributed by atoms with Crippen LogP contribution in [0.15, 0.2) is 86.9 Å². The summed E-state index contributed by atoms with van der Waals surface area (Å²) in [7, 11) is -3.87. The Morgan fingerprint density at radius 3 is 2.57 bits per heavy atom. The van der Waals surface area contributed by atoms with Gasteiger partial charge in [0.25, 0.3) is 15.9 Å². The highest BCUT2D eigenvalue weighted by molar-refractivity contribution is 7.92. The van der Waals surface area contributed by atoms with Crippen LogP contribution in [0.1, 0.15) is 17.5 Å². The number of hydrogen-bond acceptors (Lipinski definition) is 6. The molecule has 5 rings (SSSR count). The fraction of sp³-hybridized carbons (Fsp3) is 0.120. The van der Waals surface area contributed by atoms with Gasteiger partial charge in [0.1, 0.15) is 17.4 Å². The van der Waals surface area contributed by atoms with Crippen LogP contribution in [-0.4, -0.2) is 27.0 Å². The minimum Gasteiger partial charge on any atom is -0.487 e. The normalized spacial score (nSPS) is 15.4. The number of para-hydroxylation sites is 2. The number of carbonyl (C=O) groups excluding carboxylic acids is 1. The van der Waals surface area contributed by atoms with Gasteiger partial charge in [-0.3, -0.25) is 13.9 Å². The lowest BCUT2D eigenvalue weighted by Crippen LogP contribution is -2.42. The predicted molar refractivity (Wildman–Crippen MR) is 133 cm³/mol. The van der Waals surface area contributed by atoms with E-state index in [2.05, 4.69) is 5.32 Å². The van der Waals surface area contributed by atoms with Gasteiger partial charge in [-0.2, -0.15) is 0 Å². The van der Waals surface area contributed by atoms with Crippen molar-refractivity contribution < 1.29 is 22.4 Å². The Labute approximate surface area is 205 Å². The average Bonchev–Trinajstić information content (AvgIpc) is 2.84. The summed E-state index contributed by atoms with van der Waals surface area (Å²) in [6.45, 7) is 1.97. The van der Waals surface area contributed by atoms with Gasteiger partial charge in [-0.15, -0.1) is 0 Å². The second-order valence-corrected chi connectivity index (χ2v) is 10.3. The molecule has 1 aliphatic heterocycles. The minimum atomic E-state index is -3.87. The number of nitrogens with zero attached hydrogens (tertiary/aromatic N) is 1. The molecule has 0 saturated heterocycles. The Hall–Kier alpha value is -3.82. The number of anilines is 2. The van der Waals surface area contributed by atoms with E-state index in [0.717, 1.165) is 6.07 Å². The smallest absolute Gasteiger partial charge is 0.291 e. The molecule has 1 N–H and O–H groups in total. The lowest BCUT2D eigenvalue weighted by molar-refractivity contribution is 0.0997. The van der Waals surface area contributed by atoms with E-state index >= 15 is 0 Å². The summed E-state index contributed by atoms with van der Waals surface area (Å²) in [6, 6.07) is 18.3. The van der Waals surface area contributed by atoms with Crippen molar-refractivity contribution in [2.75, 3.05) is 16.2 Å². The third-order valence-corrected chi connectivity index (χ3v) is 7.53. The number of ether oxygens (including phenoxy) is 1. The third kappa shape index (κ3) is 4.36. The molecule has 178 valence electrons. The molecule has 0 radical (unpaired) electrons. The average molecular weight is 511 g/mol. The molecule has 10 heteroatoms. The van der Waals surface area contributed by atoms with Crippen LogP contribution in [0.5, 0.6) is 5.75 Å². The van der Waals surface area contributed by atoms with Crippen LogP contribution >= 0.6 is 11.6 Å². The molecule has 8 nitrogen and oxygen atoms in total. The van der Waals surface area contributed by atoms with E-state index in [1.165, 1.54) is 40.7 Å². The Kier molecular flexibility index (Phi) is 5.74. The van der Waals surface area contributed by atoms with E-state index in [0.29, 0.717) is 22.1 Å². The number of nitrogens with one attached hydrogen (secondary N) is 1. The molecule has 1 amide bonds. The standard InChI is InChI=1S/C25H19ClN2O6S/c1-15-14-28(20-4-2-3-5-23(20)33-15)35(31,32)18-9-7-17(8-10-18)27-25(30)24-13-21(29)19-12-16(26)6-11-22(19)34-24/h2-13,15H,14H2,1H3,(H,27,30)/t15-/m1/s1. The Morgan fingerprint density at radius 1 is 1.06 bits per heavy atom. The van der Waals surface area contributed by atoms with Gasteiger partial charge < -0.3 is 14.5 Å². The van der Waals surface area contributed by atoms with Crippen LogP contribution in [0, 0.1) is 0 Å². The van der Waals surface area contributed by atoms with Gasteiger partial charge in [-0.1, -0.05) is 23.7 Å². The first-order valence-corrected chi connectivity index (χ1v) is 12.5. The lowest BCUT2D eigenvalue weighted by atomic mass is 10.2. The number of hydrogen-bond donors (Lipinski definition) is 1. The molecule has 0 saturated carbocycles. The van der Waals surface area contributed by atoms with Crippen molar-refractivity contribution in [2.45, 2.75) is 17.9 Å². The maximum atomic E-state index is 13.4. The number of halogens is 1. The van der Waals surface area contributed by atoms with Gasteiger partial charge in [0.05, 0.1) is 22.5 Å². The van der Waals surface area contributed by atoms with Gasteiger partial charge >= 0.3 is 0 Å². The molecule has 1 aliphatic rings. The number of fused-ring (bicyclic) bond motifs is 2. The van der Waals surface area contributed by atoms with Crippen molar-refractivity contribution in [1.82, 2.24) is 0 Å². The second kappa shape index (κ2) is 8.75. The van der Waals surface area contributed by atoms with Gasteiger partial charge in [-0.25, -0.2) is 8.42 Å². The van der Waals surface area contributed by atoms with E-state index in [9.17, 15) is 18.0 Å². The van der Waals surface area contributed by atoms with Crippen LogP contribution < -0.4 is 19.8 Å². The molecule has 0 fully saturated rings. The monoisotopic (exact) mass is 510 g/mol. The summed E-state index contributed by atoms with van der Waals surface area (Å²) in [5.74, 6) is -0.330. The largest absolute Gasteiger partial charge is 0.487 e. The van der Waals surface area contributed by atoms with Crippen LogP contribution in [0.3, 0.4) is 0 Å².